The molecule has 1 aliphatic heterocycles. The number of benzene rings is 2. The van der Waals surface area contributed by atoms with Crippen LogP contribution in [-0.2, 0) is 9.53 Å². The molecule has 3 aromatic rings. The van der Waals surface area contributed by atoms with Gasteiger partial charge in [0.15, 0.2) is 11.6 Å². The smallest absolute Gasteiger partial charge is 0.243 e. The minimum Gasteiger partial charge on any atom is -0.381 e. The quantitative estimate of drug-likeness (QED) is 0.476. The van der Waals surface area contributed by atoms with Gasteiger partial charge in [-0.1, -0.05) is 30.9 Å². The standard InChI is InChI=1S/C26H28ClF2N3O2/c27-18-8-6-17(7-9-18)25-31-22-14-20(28)21(29)15-23(22)32(25)24(16-10-12-34-13-11-16)26(33)30-19-4-2-1-3-5-19/h6-9,14-16,19,24H,1-5,10-13H2,(H,30,33)/t24-/m0/s1. The Balaban J connectivity index is 1.65. The molecule has 1 aromatic heterocycles. The highest BCUT2D eigenvalue weighted by Gasteiger charge is 2.36. The first-order valence-electron chi connectivity index (χ1n) is 12.0. The lowest BCUT2D eigenvalue weighted by Crippen LogP contribution is -2.44. The molecule has 8 heteroatoms. The third-order valence-electron chi connectivity index (χ3n) is 7.04. The first-order valence-corrected chi connectivity index (χ1v) is 12.4. The Hall–Kier alpha value is -2.51. The van der Waals surface area contributed by atoms with Crippen molar-refractivity contribution in [2.75, 3.05) is 13.2 Å². The molecule has 1 aliphatic carbocycles. The number of fused-ring (bicyclic) bond motifs is 1. The Morgan fingerprint density at radius 3 is 2.41 bits per heavy atom. The molecule has 0 radical (unpaired) electrons. The highest BCUT2D eigenvalue weighted by molar-refractivity contribution is 6.30. The van der Waals surface area contributed by atoms with E-state index in [0.29, 0.717) is 47.9 Å². The zero-order chi connectivity index (χ0) is 23.7. The van der Waals surface area contributed by atoms with E-state index >= 15 is 0 Å². The summed E-state index contributed by atoms with van der Waals surface area (Å²) >= 11 is 6.10. The number of imidazole rings is 1. The average molecular weight is 488 g/mol. The van der Waals surface area contributed by atoms with Crippen molar-refractivity contribution in [2.45, 2.75) is 57.0 Å². The zero-order valence-corrected chi connectivity index (χ0v) is 19.7. The summed E-state index contributed by atoms with van der Waals surface area (Å²) in [6.45, 7) is 1.12. The van der Waals surface area contributed by atoms with Crippen molar-refractivity contribution in [3.63, 3.8) is 0 Å². The van der Waals surface area contributed by atoms with Gasteiger partial charge >= 0.3 is 0 Å². The van der Waals surface area contributed by atoms with Gasteiger partial charge in [0.2, 0.25) is 5.91 Å². The zero-order valence-electron chi connectivity index (χ0n) is 18.9. The molecule has 0 bridgehead atoms. The van der Waals surface area contributed by atoms with Crippen molar-refractivity contribution in [3.05, 3.63) is 53.1 Å². The highest BCUT2D eigenvalue weighted by atomic mass is 35.5. The predicted molar refractivity (Wildman–Crippen MR) is 128 cm³/mol. The highest BCUT2D eigenvalue weighted by Crippen LogP contribution is 2.37. The van der Waals surface area contributed by atoms with E-state index in [2.05, 4.69) is 10.3 Å². The molecule has 2 heterocycles. The fraction of sp³-hybridized carbons (Fsp3) is 0.462. The fourth-order valence-corrected chi connectivity index (χ4v) is 5.41. The molecule has 1 N–H and O–H groups in total. The van der Waals surface area contributed by atoms with E-state index in [0.717, 1.165) is 43.4 Å². The Morgan fingerprint density at radius 2 is 1.71 bits per heavy atom. The second-order valence-electron chi connectivity index (χ2n) is 9.31. The van der Waals surface area contributed by atoms with Gasteiger partial charge in [0.1, 0.15) is 11.9 Å². The predicted octanol–water partition coefficient (Wildman–Crippen LogP) is 6.05. The summed E-state index contributed by atoms with van der Waals surface area (Å²) in [5.74, 6) is -1.55. The minimum atomic E-state index is -0.964. The topological polar surface area (TPSA) is 56.1 Å². The molecule has 2 fully saturated rings. The number of hydrogen-bond donors (Lipinski definition) is 1. The van der Waals surface area contributed by atoms with Crippen molar-refractivity contribution >= 4 is 28.5 Å². The van der Waals surface area contributed by atoms with Gasteiger partial charge in [-0.3, -0.25) is 4.79 Å². The number of nitrogens with one attached hydrogen (secondary N) is 1. The lowest BCUT2D eigenvalue weighted by atomic mass is 9.89. The Labute approximate surface area is 202 Å². The summed E-state index contributed by atoms with van der Waals surface area (Å²) in [7, 11) is 0. The second kappa shape index (κ2) is 10.0. The lowest BCUT2D eigenvalue weighted by molar-refractivity contribution is -0.127. The monoisotopic (exact) mass is 487 g/mol. The normalized spacial score (nSPS) is 18.8. The molecule has 2 aromatic carbocycles. The molecule has 1 amide bonds. The third-order valence-corrected chi connectivity index (χ3v) is 7.30. The fourth-order valence-electron chi connectivity index (χ4n) is 5.28. The SMILES string of the molecule is O=C(NC1CCCCC1)[C@H](C1CCOCC1)n1c(-c2ccc(Cl)cc2)nc2cc(F)c(F)cc21. The number of amides is 1. The number of rotatable bonds is 5. The van der Waals surface area contributed by atoms with Crippen molar-refractivity contribution in [1.29, 1.82) is 0 Å². The molecule has 34 heavy (non-hydrogen) atoms. The molecule has 5 rings (SSSR count). The van der Waals surface area contributed by atoms with E-state index in [4.69, 9.17) is 16.3 Å². The molecule has 1 saturated heterocycles. The van der Waals surface area contributed by atoms with Gasteiger partial charge in [-0.15, -0.1) is 0 Å². The molecule has 180 valence electrons. The van der Waals surface area contributed by atoms with Crippen LogP contribution in [0.1, 0.15) is 51.0 Å². The van der Waals surface area contributed by atoms with Crippen LogP contribution in [0.15, 0.2) is 36.4 Å². The molecule has 0 spiro atoms. The summed E-state index contributed by atoms with van der Waals surface area (Å²) in [5.41, 5.74) is 1.44. The van der Waals surface area contributed by atoms with E-state index in [1.165, 1.54) is 6.42 Å². The molecule has 1 atom stereocenters. The van der Waals surface area contributed by atoms with Crippen LogP contribution >= 0.6 is 11.6 Å². The Kier molecular flexibility index (Phi) is 6.84. The largest absolute Gasteiger partial charge is 0.381 e. The molecule has 2 aliphatic rings. The molecular formula is C26H28ClF2N3O2. The van der Waals surface area contributed by atoms with Crippen LogP contribution in [0, 0.1) is 17.6 Å². The Morgan fingerprint density at radius 1 is 1.03 bits per heavy atom. The average Bonchev–Trinajstić information content (AvgIpc) is 3.19. The van der Waals surface area contributed by atoms with Gasteiger partial charge < -0.3 is 14.6 Å². The summed E-state index contributed by atoms with van der Waals surface area (Å²) in [6.07, 6.45) is 6.70. The first-order chi connectivity index (χ1) is 16.5. The number of carbonyl (C=O) groups is 1. The number of nitrogens with zero attached hydrogens (tertiary/aromatic N) is 2. The van der Waals surface area contributed by atoms with E-state index in [1.807, 2.05) is 12.1 Å². The van der Waals surface area contributed by atoms with E-state index in [9.17, 15) is 13.6 Å². The van der Waals surface area contributed by atoms with E-state index in [-0.39, 0.29) is 17.9 Å². The molecule has 1 saturated carbocycles. The maximum absolute atomic E-state index is 14.4. The van der Waals surface area contributed by atoms with Gasteiger partial charge in [-0.05, 0) is 55.9 Å². The van der Waals surface area contributed by atoms with Crippen molar-refractivity contribution in [2.24, 2.45) is 5.92 Å². The molecule has 5 nitrogen and oxygen atoms in total. The number of carbonyl (C=O) groups excluding carboxylic acids is 1. The lowest BCUT2D eigenvalue weighted by Gasteiger charge is -2.33. The van der Waals surface area contributed by atoms with Gasteiger partial charge in [-0.25, -0.2) is 13.8 Å². The van der Waals surface area contributed by atoms with Crippen LogP contribution in [-0.4, -0.2) is 34.7 Å². The van der Waals surface area contributed by atoms with Crippen molar-refractivity contribution in [3.8, 4) is 11.4 Å². The maximum Gasteiger partial charge on any atom is 0.243 e. The summed E-state index contributed by atoms with van der Waals surface area (Å²) in [6, 6.07) is 8.87. The van der Waals surface area contributed by atoms with Gasteiger partial charge in [0.25, 0.3) is 0 Å². The van der Waals surface area contributed by atoms with Crippen LogP contribution in [0.25, 0.3) is 22.4 Å². The van der Waals surface area contributed by atoms with Crippen molar-refractivity contribution in [1.82, 2.24) is 14.9 Å². The minimum absolute atomic E-state index is 0.0195. The summed E-state index contributed by atoms with van der Waals surface area (Å²) in [5, 5.41) is 3.83. The second-order valence-corrected chi connectivity index (χ2v) is 9.74. The van der Waals surface area contributed by atoms with Crippen LogP contribution in [0.4, 0.5) is 8.78 Å². The van der Waals surface area contributed by atoms with Gasteiger partial charge in [0.05, 0.1) is 11.0 Å². The molecular weight excluding hydrogens is 460 g/mol. The van der Waals surface area contributed by atoms with Gasteiger partial charge in [0, 0.05) is 42.0 Å². The van der Waals surface area contributed by atoms with Crippen LogP contribution in [0.2, 0.25) is 5.02 Å². The third kappa shape index (κ3) is 4.68. The first kappa shape index (κ1) is 23.2. The van der Waals surface area contributed by atoms with Crippen LogP contribution in [0.3, 0.4) is 0 Å². The van der Waals surface area contributed by atoms with Gasteiger partial charge in [-0.2, -0.15) is 0 Å². The van der Waals surface area contributed by atoms with Crippen molar-refractivity contribution < 1.29 is 18.3 Å². The number of aromatic nitrogens is 2. The Bertz CT molecular complexity index is 1170. The van der Waals surface area contributed by atoms with E-state index in [1.54, 1.807) is 16.7 Å². The maximum atomic E-state index is 14.4. The number of hydrogen-bond acceptors (Lipinski definition) is 3. The summed E-state index contributed by atoms with van der Waals surface area (Å²) in [4.78, 5) is 18.5. The van der Waals surface area contributed by atoms with E-state index < -0.39 is 17.7 Å². The number of ether oxygens (including phenoxy) is 1. The number of halogens is 3. The van der Waals surface area contributed by atoms with Crippen LogP contribution in [0.5, 0.6) is 0 Å². The molecule has 0 unspecified atom stereocenters. The summed E-state index contributed by atoms with van der Waals surface area (Å²) < 4.78 is 35.9. The van der Waals surface area contributed by atoms with Crippen LogP contribution < -0.4 is 5.32 Å².